The van der Waals surface area contributed by atoms with E-state index >= 15 is 0 Å². The highest BCUT2D eigenvalue weighted by Crippen LogP contribution is 2.35. The summed E-state index contributed by atoms with van der Waals surface area (Å²) in [5.41, 5.74) is 1.69. The first-order valence-electron chi connectivity index (χ1n) is 12.3. The van der Waals surface area contributed by atoms with Crippen molar-refractivity contribution >= 4 is 38.8 Å². The minimum absolute atomic E-state index is 0.0253. The molecule has 3 N–H and O–H groups in total. The third kappa shape index (κ3) is 7.55. The maximum atomic E-state index is 13.9. The van der Waals surface area contributed by atoms with Gasteiger partial charge < -0.3 is 15.4 Å². The average molecular weight is 616 g/mol. The second-order valence-corrected chi connectivity index (χ2v) is 12.4. The van der Waals surface area contributed by atoms with Crippen molar-refractivity contribution in [2.24, 2.45) is 0 Å². The second kappa shape index (κ2) is 11.7. The normalized spacial score (nSPS) is 17.0. The van der Waals surface area contributed by atoms with Crippen LogP contribution in [0.4, 0.5) is 23.2 Å². The molecule has 0 unspecified atom stereocenters. The summed E-state index contributed by atoms with van der Waals surface area (Å²) in [6, 6.07) is 7.66. The van der Waals surface area contributed by atoms with Crippen molar-refractivity contribution < 1.29 is 36.1 Å². The summed E-state index contributed by atoms with van der Waals surface area (Å²) in [7, 11) is -3.22. The van der Waals surface area contributed by atoms with Crippen molar-refractivity contribution in [3.8, 4) is 17.0 Å². The summed E-state index contributed by atoms with van der Waals surface area (Å²) in [5.74, 6) is -2.69. The van der Waals surface area contributed by atoms with Crippen LogP contribution in [0.3, 0.4) is 0 Å². The van der Waals surface area contributed by atoms with Crippen LogP contribution in [-0.4, -0.2) is 50.6 Å². The first-order chi connectivity index (χ1) is 19.1. The number of alkyl halides is 3. The number of aromatic nitrogens is 2. The van der Waals surface area contributed by atoms with Crippen LogP contribution in [0.1, 0.15) is 41.0 Å². The standard InChI is InChI=1S/C26H26ClF4N5O4S/c1-14-18-7-6-17(40-13-26(29,30)31)10-15(18)4-3-9-36-24(25(38)33-14)23(34-21(37)12-41(2,32)39)22(35-36)16-5-8-20(28)19(27)11-16/h5-8,10-11,14,32H,3-4,9,12-13H2,1-2H3,(H,33,38)(H,34,37)/t14-,41-/m0/s1. The molecule has 41 heavy (non-hydrogen) atoms. The number of rotatable bonds is 6. The van der Waals surface area contributed by atoms with Gasteiger partial charge in [-0.1, -0.05) is 17.7 Å². The highest BCUT2D eigenvalue weighted by Gasteiger charge is 2.30. The van der Waals surface area contributed by atoms with E-state index in [1.165, 1.54) is 28.9 Å². The second-order valence-electron chi connectivity index (χ2n) is 9.68. The number of halogens is 5. The lowest BCUT2D eigenvalue weighted by Gasteiger charge is -2.22. The van der Waals surface area contributed by atoms with Crippen molar-refractivity contribution in [3.05, 3.63) is 64.1 Å². The van der Waals surface area contributed by atoms with Crippen molar-refractivity contribution in [2.75, 3.05) is 23.9 Å². The molecule has 1 aliphatic heterocycles. The molecule has 0 radical (unpaired) electrons. The van der Waals surface area contributed by atoms with Crippen LogP contribution in [0.2, 0.25) is 5.02 Å². The number of amides is 2. The number of fused-ring (bicyclic) bond motifs is 2. The Morgan fingerprint density at radius 2 is 2.02 bits per heavy atom. The molecule has 2 amide bonds. The molecule has 220 valence electrons. The quantitative estimate of drug-likeness (QED) is 0.323. The molecular weight excluding hydrogens is 590 g/mol. The van der Waals surface area contributed by atoms with E-state index in [4.69, 9.17) is 21.1 Å². The van der Waals surface area contributed by atoms with Gasteiger partial charge in [0.1, 0.15) is 34.4 Å². The van der Waals surface area contributed by atoms with E-state index in [1.54, 1.807) is 13.0 Å². The summed E-state index contributed by atoms with van der Waals surface area (Å²) in [6.07, 6.45) is -2.59. The van der Waals surface area contributed by atoms with E-state index in [9.17, 15) is 31.4 Å². The Labute approximate surface area is 238 Å². The van der Waals surface area contributed by atoms with Gasteiger partial charge in [-0.2, -0.15) is 18.3 Å². The Balaban J connectivity index is 1.75. The van der Waals surface area contributed by atoms with E-state index < -0.39 is 51.9 Å². The van der Waals surface area contributed by atoms with E-state index in [-0.39, 0.29) is 34.4 Å². The Bertz CT molecular complexity index is 1610. The van der Waals surface area contributed by atoms with Crippen LogP contribution < -0.4 is 15.4 Å². The SMILES string of the molecule is C[C@@H]1NC(=O)c2c(NC(=O)C[S@@](C)(=N)=O)c(-c3ccc(F)c(Cl)c3)nn2CCCc2cc(OCC(F)(F)F)ccc21. The number of hydrogen-bond donors (Lipinski definition) is 3. The number of carbonyl (C=O) groups is 2. The number of aryl methyl sites for hydroxylation is 2. The third-order valence-electron chi connectivity index (χ3n) is 6.18. The van der Waals surface area contributed by atoms with E-state index in [2.05, 4.69) is 15.7 Å². The monoisotopic (exact) mass is 615 g/mol. The zero-order chi connectivity index (χ0) is 30.1. The number of carbonyl (C=O) groups excluding carboxylic acids is 2. The molecule has 9 nitrogen and oxygen atoms in total. The number of nitrogens with one attached hydrogen (secondary N) is 3. The van der Waals surface area contributed by atoms with Crippen molar-refractivity contribution in [3.63, 3.8) is 0 Å². The maximum absolute atomic E-state index is 13.9. The molecule has 15 heteroatoms. The molecule has 3 aromatic rings. The molecule has 0 spiro atoms. The molecule has 1 aliphatic rings. The molecule has 0 aliphatic carbocycles. The van der Waals surface area contributed by atoms with Crippen molar-refractivity contribution in [1.29, 1.82) is 4.78 Å². The predicted molar refractivity (Wildman–Crippen MR) is 145 cm³/mol. The van der Waals surface area contributed by atoms with Gasteiger partial charge in [-0.05, 0) is 61.2 Å². The number of benzene rings is 2. The van der Waals surface area contributed by atoms with Gasteiger partial charge >= 0.3 is 6.18 Å². The van der Waals surface area contributed by atoms with Gasteiger partial charge in [-0.25, -0.2) is 8.60 Å². The lowest BCUT2D eigenvalue weighted by Crippen LogP contribution is -2.32. The number of hydrogen-bond acceptors (Lipinski definition) is 6. The highest BCUT2D eigenvalue weighted by atomic mass is 35.5. The first-order valence-corrected chi connectivity index (χ1v) is 14.8. The fraction of sp³-hybridized carbons (Fsp3) is 0.346. The lowest BCUT2D eigenvalue weighted by molar-refractivity contribution is -0.153. The van der Waals surface area contributed by atoms with Crippen LogP contribution >= 0.6 is 11.6 Å². The molecule has 0 saturated heterocycles. The summed E-state index contributed by atoms with van der Waals surface area (Å²) < 4.78 is 77.7. The third-order valence-corrected chi connectivity index (χ3v) is 7.28. The predicted octanol–water partition coefficient (Wildman–Crippen LogP) is 5.34. The topological polar surface area (TPSA) is 126 Å². The summed E-state index contributed by atoms with van der Waals surface area (Å²) >= 11 is 5.98. The highest BCUT2D eigenvalue weighted by molar-refractivity contribution is 7.92. The van der Waals surface area contributed by atoms with Gasteiger partial charge in [-0.3, -0.25) is 19.1 Å². The Kier molecular flexibility index (Phi) is 8.64. The van der Waals surface area contributed by atoms with Gasteiger partial charge in [0.2, 0.25) is 5.91 Å². The zero-order valence-electron chi connectivity index (χ0n) is 21.9. The van der Waals surface area contributed by atoms with E-state index in [0.29, 0.717) is 29.5 Å². The van der Waals surface area contributed by atoms with Crippen LogP contribution in [0.15, 0.2) is 36.4 Å². The molecule has 1 aromatic heterocycles. The maximum Gasteiger partial charge on any atom is 0.422 e. The summed E-state index contributed by atoms with van der Waals surface area (Å²) in [6.45, 7) is 0.415. The first kappa shape index (κ1) is 30.3. The van der Waals surface area contributed by atoms with Gasteiger partial charge in [0.15, 0.2) is 6.61 Å². The van der Waals surface area contributed by atoms with Gasteiger partial charge in [0, 0.05) is 18.4 Å². The lowest BCUT2D eigenvalue weighted by atomic mass is 9.96. The molecular formula is C26H26ClF4N5O4S. The molecule has 0 fully saturated rings. The van der Waals surface area contributed by atoms with E-state index in [0.717, 1.165) is 12.3 Å². The average Bonchev–Trinajstić information content (AvgIpc) is 3.20. The van der Waals surface area contributed by atoms with Gasteiger partial charge in [-0.15, -0.1) is 0 Å². The molecule has 2 atom stereocenters. The molecule has 0 bridgehead atoms. The zero-order valence-corrected chi connectivity index (χ0v) is 23.5. The van der Waals surface area contributed by atoms with Gasteiger partial charge in [0.25, 0.3) is 5.91 Å². The van der Waals surface area contributed by atoms with Crippen LogP contribution in [0, 0.1) is 10.6 Å². The number of nitrogens with zero attached hydrogens (tertiary/aromatic N) is 2. The smallest absolute Gasteiger partial charge is 0.422 e. The van der Waals surface area contributed by atoms with Crippen LogP contribution in [-0.2, 0) is 27.5 Å². The van der Waals surface area contributed by atoms with E-state index in [1.807, 2.05) is 0 Å². The molecule has 4 rings (SSSR count). The summed E-state index contributed by atoms with van der Waals surface area (Å²) in [5, 5.41) is 9.69. The number of ether oxygens (including phenoxy) is 1. The largest absolute Gasteiger partial charge is 0.484 e. The number of anilines is 1. The molecule has 2 heterocycles. The minimum Gasteiger partial charge on any atom is -0.484 e. The van der Waals surface area contributed by atoms with Crippen molar-refractivity contribution in [1.82, 2.24) is 15.1 Å². The fourth-order valence-corrected chi connectivity index (χ4v) is 5.24. The van der Waals surface area contributed by atoms with Crippen molar-refractivity contribution in [2.45, 2.75) is 38.5 Å². The fourth-order valence-electron chi connectivity index (χ4n) is 4.48. The minimum atomic E-state index is -4.49. The Morgan fingerprint density at radius 1 is 1.29 bits per heavy atom. The Hall–Kier alpha value is -3.65. The summed E-state index contributed by atoms with van der Waals surface area (Å²) in [4.78, 5) is 26.4. The van der Waals surface area contributed by atoms with Crippen LogP contribution in [0.5, 0.6) is 5.75 Å². The van der Waals surface area contributed by atoms with Crippen LogP contribution in [0.25, 0.3) is 11.3 Å². The molecule has 0 saturated carbocycles. The van der Waals surface area contributed by atoms with Gasteiger partial charge in [0.05, 0.1) is 20.8 Å². The molecule has 2 aromatic carbocycles. The Morgan fingerprint density at radius 3 is 2.68 bits per heavy atom.